The first-order valence-corrected chi connectivity index (χ1v) is 9.36. The number of aryl methyl sites for hydroxylation is 1. The van der Waals surface area contributed by atoms with Crippen molar-refractivity contribution in [2.75, 3.05) is 6.54 Å². The first-order chi connectivity index (χ1) is 11.6. The number of nitrogens with zero attached hydrogens (tertiary/aromatic N) is 4. The number of piperidine rings is 1. The largest absolute Gasteiger partial charge is 0.439 e. The molecule has 126 valence electrons. The topological polar surface area (TPSA) is 81.2 Å². The lowest BCUT2D eigenvalue weighted by Crippen LogP contribution is -2.38. The molecular weight excluding hydrogens is 328 g/mol. The van der Waals surface area contributed by atoms with Gasteiger partial charge >= 0.3 is 0 Å². The van der Waals surface area contributed by atoms with E-state index in [0.29, 0.717) is 24.4 Å². The summed E-state index contributed by atoms with van der Waals surface area (Å²) in [6, 6.07) is 7.10. The predicted molar refractivity (Wildman–Crippen MR) is 87.7 cm³/mol. The highest BCUT2D eigenvalue weighted by molar-refractivity contribution is 7.89. The minimum absolute atomic E-state index is 0.202. The predicted octanol–water partition coefficient (Wildman–Crippen LogP) is 2.48. The fourth-order valence-corrected chi connectivity index (χ4v) is 4.78. The summed E-state index contributed by atoms with van der Waals surface area (Å²) >= 11 is 0. The summed E-state index contributed by atoms with van der Waals surface area (Å²) in [4.78, 5) is 4.71. The van der Waals surface area contributed by atoms with Gasteiger partial charge in [-0.3, -0.25) is 4.68 Å². The molecule has 1 aliphatic rings. The Bertz CT molecular complexity index is 943. The molecule has 0 amide bonds. The van der Waals surface area contributed by atoms with E-state index in [-0.39, 0.29) is 10.9 Å². The van der Waals surface area contributed by atoms with E-state index < -0.39 is 10.0 Å². The summed E-state index contributed by atoms with van der Waals surface area (Å²) in [6.07, 6.45) is 5.38. The second-order valence-corrected chi connectivity index (χ2v) is 7.89. The van der Waals surface area contributed by atoms with Crippen LogP contribution in [-0.4, -0.2) is 34.0 Å². The SMILES string of the molecule is Cn1cc(S(=O)(=O)N2CCCC[C@@H]2c2nc3ccccc3o2)cn1. The quantitative estimate of drug-likeness (QED) is 0.728. The standard InChI is InChI=1S/C16H18N4O3S/c1-19-11-12(10-17-19)24(21,22)20-9-5-4-7-14(20)16-18-13-6-2-3-8-15(13)23-16/h2-3,6,8,10-11,14H,4-5,7,9H2,1H3/t14-/m1/s1. The van der Waals surface area contributed by atoms with Crippen molar-refractivity contribution < 1.29 is 12.8 Å². The van der Waals surface area contributed by atoms with E-state index in [0.717, 1.165) is 18.4 Å². The van der Waals surface area contributed by atoms with Crippen molar-refractivity contribution in [3.05, 3.63) is 42.5 Å². The Kier molecular flexibility index (Phi) is 3.65. The molecule has 1 aliphatic heterocycles. The van der Waals surface area contributed by atoms with Crippen molar-refractivity contribution in [2.24, 2.45) is 7.05 Å². The second kappa shape index (κ2) is 5.71. The molecule has 1 aromatic carbocycles. The summed E-state index contributed by atoms with van der Waals surface area (Å²) < 4.78 is 34.8. The van der Waals surface area contributed by atoms with Crippen LogP contribution in [0.3, 0.4) is 0 Å². The van der Waals surface area contributed by atoms with E-state index in [1.807, 2.05) is 24.3 Å². The average molecular weight is 346 g/mol. The minimum Gasteiger partial charge on any atom is -0.439 e. The number of fused-ring (bicyclic) bond motifs is 1. The third-order valence-corrected chi connectivity index (χ3v) is 6.20. The van der Waals surface area contributed by atoms with Crippen molar-refractivity contribution in [2.45, 2.75) is 30.2 Å². The first kappa shape index (κ1) is 15.3. The molecule has 2 aromatic heterocycles. The molecule has 3 heterocycles. The van der Waals surface area contributed by atoms with Crippen LogP contribution in [-0.2, 0) is 17.1 Å². The van der Waals surface area contributed by atoms with Crippen LogP contribution in [0, 0.1) is 0 Å². The Hall–Kier alpha value is -2.19. The Morgan fingerprint density at radius 1 is 1.25 bits per heavy atom. The Balaban J connectivity index is 1.75. The Morgan fingerprint density at radius 3 is 2.83 bits per heavy atom. The van der Waals surface area contributed by atoms with Crippen LogP contribution >= 0.6 is 0 Å². The smallest absolute Gasteiger partial charge is 0.246 e. The van der Waals surface area contributed by atoms with Crippen LogP contribution < -0.4 is 0 Å². The lowest BCUT2D eigenvalue weighted by molar-refractivity contribution is 0.222. The molecule has 0 aliphatic carbocycles. The van der Waals surface area contributed by atoms with Gasteiger partial charge in [0.15, 0.2) is 5.58 Å². The lowest BCUT2D eigenvalue weighted by Gasteiger charge is -2.32. The summed E-state index contributed by atoms with van der Waals surface area (Å²) in [7, 11) is -1.92. The van der Waals surface area contributed by atoms with E-state index in [9.17, 15) is 8.42 Å². The maximum atomic E-state index is 13.0. The number of benzene rings is 1. The third-order valence-electron chi connectivity index (χ3n) is 4.34. The summed E-state index contributed by atoms with van der Waals surface area (Å²) in [5.74, 6) is 0.461. The normalized spacial score (nSPS) is 19.8. The van der Waals surface area contributed by atoms with Gasteiger partial charge in [-0.1, -0.05) is 18.6 Å². The van der Waals surface area contributed by atoms with Gasteiger partial charge in [-0.05, 0) is 25.0 Å². The highest BCUT2D eigenvalue weighted by atomic mass is 32.2. The van der Waals surface area contributed by atoms with Crippen molar-refractivity contribution in [1.82, 2.24) is 19.1 Å². The molecule has 1 saturated heterocycles. The Morgan fingerprint density at radius 2 is 2.08 bits per heavy atom. The highest BCUT2D eigenvalue weighted by Gasteiger charge is 2.37. The fraction of sp³-hybridized carbons (Fsp3) is 0.375. The van der Waals surface area contributed by atoms with Gasteiger partial charge in [0.25, 0.3) is 0 Å². The number of hydrogen-bond acceptors (Lipinski definition) is 5. The monoisotopic (exact) mass is 346 g/mol. The van der Waals surface area contributed by atoms with E-state index >= 15 is 0 Å². The zero-order chi connectivity index (χ0) is 16.7. The van der Waals surface area contributed by atoms with E-state index in [4.69, 9.17) is 4.42 Å². The van der Waals surface area contributed by atoms with E-state index in [1.165, 1.54) is 21.4 Å². The van der Waals surface area contributed by atoms with E-state index in [1.54, 1.807) is 7.05 Å². The minimum atomic E-state index is -3.63. The second-order valence-electron chi connectivity index (χ2n) is 6.00. The number of hydrogen-bond donors (Lipinski definition) is 0. The van der Waals surface area contributed by atoms with Crippen LogP contribution in [0.4, 0.5) is 0 Å². The van der Waals surface area contributed by atoms with Crippen LogP contribution in [0.15, 0.2) is 46.0 Å². The zero-order valence-electron chi connectivity index (χ0n) is 13.3. The molecule has 0 unspecified atom stereocenters. The third kappa shape index (κ3) is 2.51. The maximum absolute atomic E-state index is 13.0. The molecular formula is C16H18N4O3S. The van der Waals surface area contributed by atoms with Gasteiger partial charge in [0.2, 0.25) is 15.9 Å². The number of rotatable bonds is 3. The summed E-state index contributed by atoms with van der Waals surface area (Å²) in [6.45, 7) is 0.459. The molecule has 0 spiro atoms. The molecule has 24 heavy (non-hydrogen) atoms. The molecule has 4 rings (SSSR count). The van der Waals surface area contributed by atoms with Gasteiger partial charge in [0.05, 0.1) is 6.20 Å². The van der Waals surface area contributed by atoms with Crippen molar-refractivity contribution in [3.8, 4) is 0 Å². The van der Waals surface area contributed by atoms with E-state index in [2.05, 4.69) is 10.1 Å². The van der Waals surface area contributed by atoms with Crippen LogP contribution in [0.25, 0.3) is 11.1 Å². The maximum Gasteiger partial charge on any atom is 0.246 e. The summed E-state index contributed by atoms with van der Waals surface area (Å²) in [5.41, 5.74) is 1.42. The average Bonchev–Trinajstić information content (AvgIpc) is 3.21. The number of para-hydroxylation sites is 2. The Labute approximate surface area is 139 Å². The van der Waals surface area contributed by atoms with Crippen molar-refractivity contribution >= 4 is 21.1 Å². The van der Waals surface area contributed by atoms with Crippen molar-refractivity contribution in [3.63, 3.8) is 0 Å². The summed E-state index contributed by atoms with van der Waals surface area (Å²) in [5, 5.41) is 3.98. The van der Waals surface area contributed by atoms with Gasteiger partial charge in [0.1, 0.15) is 16.5 Å². The molecule has 8 heteroatoms. The van der Waals surface area contributed by atoms with Gasteiger partial charge < -0.3 is 4.42 Å². The van der Waals surface area contributed by atoms with Gasteiger partial charge in [0, 0.05) is 19.8 Å². The number of sulfonamides is 1. The van der Waals surface area contributed by atoms with Crippen LogP contribution in [0.1, 0.15) is 31.2 Å². The van der Waals surface area contributed by atoms with Gasteiger partial charge in [-0.15, -0.1) is 0 Å². The van der Waals surface area contributed by atoms with Gasteiger partial charge in [-0.25, -0.2) is 13.4 Å². The number of oxazole rings is 1. The first-order valence-electron chi connectivity index (χ1n) is 7.92. The molecule has 0 N–H and O–H groups in total. The molecule has 0 saturated carbocycles. The zero-order valence-corrected chi connectivity index (χ0v) is 14.1. The molecule has 3 aromatic rings. The van der Waals surface area contributed by atoms with Crippen molar-refractivity contribution in [1.29, 1.82) is 0 Å². The van der Waals surface area contributed by atoms with Crippen LogP contribution in [0.5, 0.6) is 0 Å². The number of aromatic nitrogens is 3. The highest BCUT2D eigenvalue weighted by Crippen LogP contribution is 2.36. The molecule has 7 nitrogen and oxygen atoms in total. The molecule has 1 fully saturated rings. The fourth-order valence-electron chi connectivity index (χ4n) is 3.14. The lowest BCUT2D eigenvalue weighted by atomic mass is 10.1. The molecule has 1 atom stereocenters. The van der Waals surface area contributed by atoms with Gasteiger partial charge in [-0.2, -0.15) is 9.40 Å². The molecule has 0 bridgehead atoms. The molecule has 0 radical (unpaired) electrons. The van der Waals surface area contributed by atoms with Crippen LogP contribution in [0.2, 0.25) is 0 Å².